The van der Waals surface area contributed by atoms with E-state index in [1.165, 1.54) is 18.3 Å². The Morgan fingerprint density at radius 2 is 2.12 bits per heavy atom. The van der Waals surface area contributed by atoms with Crippen molar-refractivity contribution in [3.05, 3.63) is 59.7 Å². The van der Waals surface area contributed by atoms with Crippen LogP contribution in [-0.4, -0.2) is 23.6 Å². The zero-order chi connectivity index (χ0) is 17.4. The molecule has 3 N–H and O–H groups in total. The Bertz CT molecular complexity index is 771. The molecule has 8 nitrogen and oxygen atoms in total. The van der Waals surface area contributed by atoms with E-state index in [1.54, 1.807) is 31.3 Å². The molecule has 0 aliphatic heterocycles. The van der Waals surface area contributed by atoms with Gasteiger partial charge in [-0.2, -0.15) is 0 Å². The predicted molar refractivity (Wildman–Crippen MR) is 88.7 cm³/mol. The van der Waals surface area contributed by atoms with Gasteiger partial charge in [0.2, 0.25) is 5.69 Å². The lowest BCUT2D eigenvalue weighted by Gasteiger charge is -2.11. The number of nitrogens with one attached hydrogen (secondary N) is 3. The Kier molecular flexibility index (Phi) is 5.69. The first-order valence-corrected chi connectivity index (χ1v) is 7.05. The van der Waals surface area contributed by atoms with Crippen molar-refractivity contribution in [2.24, 2.45) is 0 Å². The molecule has 0 fully saturated rings. The number of pyridine rings is 1. The number of esters is 1. The summed E-state index contributed by atoms with van der Waals surface area (Å²) in [4.78, 5) is 30.8. The van der Waals surface area contributed by atoms with Crippen molar-refractivity contribution in [1.82, 2.24) is 10.4 Å². The standard InChI is InChI=1S/C16H15N5O3/c1-3-24-15(22)13-9-11(6-7-14(13)17-2)20-21-16(23)19-12-5-4-8-18-10-12/h4-10,20H,3H2,1H3,(H2,19,21,23). The van der Waals surface area contributed by atoms with Crippen molar-refractivity contribution in [2.75, 3.05) is 17.3 Å². The Hall–Kier alpha value is -3.60. The number of ether oxygens (including phenoxy) is 1. The molecule has 0 spiro atoms. The van der Waals surface area contributed by atoms with Gasteiger partial charge in [0.25, 0.3) is 0 Å². The summed E-state index contributed by atoms with van der Waals surface area (Å²) in [5.74, 6) is -0.591. The van der Waals surface area contributed by atoms with Crippen molar-refractivity contribution in [3.63, 3.8) is 0 Å². The Labute approximate surface area is 138 Å². The molecule has 2 aromatic rings. The first kappa shape index (κ1) is 16.8. The second-order valence-electron chi connectivity index (χ2n) is 4.51. The van der Waals surface area contributed by atoms with E-state index in [1.807, 2.05) is 0 Å². The maximum Gasteiger partial charge on any atom is 0.337 e. The topological polar surface area (TPSA) is 96.7 Å². The van der Waals surface area contributed by atoms with Crippen LogP contribution < -0.4 is 16.2 Å². The van der Waals surface area contributed by atoms with E-state index in [0.717, 1.165) is 0 Å². The molecule has 2 rings (SSSR count). The molecule has 8 heteroatoms. The molecule has 0 bridgehead atoms. The molecule has 0 atom stereocenters. The quantitative estimate of drug-likeness (QED) is 0.446. The minimum Gasteiger partial charge on any atom is -0.463 e. The molecule has 0 aliphatic rings. The Morgan fingerprint density at radius 1 is 1.29 bits per heavy atom. The van der Waals surface area contributed by atoms with Gasteiger partial charge in [-0.15, -0.1) is 0 Å². The summed E-state index contributed by atoms with van der Waals surface area (Å²) < 4.78 is 4.91. The second kappa shape index (κ2) is 8.14. The zero-order valence-corrected chi connectivity index (χ0v) is 12.9. The number of carbonyl (C=O) groups excluding carboxylic acids is 2. The van der Waals surface area contributed by atoms with E-state index >= 15 is 0 Å². The number of hydrogen-bond acceptors (Lipinski definition) is 5. The lowest BCUT2D eigenvalue weighted by atomic mass is 10.1. The van der Waals surface area contributed by atoms with E-state index in [-0.39, 0.29) is 17.9 Å². The summed E-state index contributed by atoms with van der Waals surface area (Å²) in [7, 11) is 0. The van der Waals surface area contributed by atoms with Crippen molar-refractivity contribution in [3.8, 4) is 0 Å². The smallest absolute Gasteiger partial charge is 0.337 e. The van der Waals surface area contributed by atoms with Crippen LogP contribution in [0.15, 0.2) is 42.7 Å². The normalized spacial score (nSPS) is 9.50. The molecule has 0 radical (unpaired) electrons. The van der Waals surface area contributed by atoms with Crippen LogP contribution in [0.4, 0.5) is 21.9 Å². The van der Waals surface area contributed by atoms with Crippen LogP contribution in [0, 0.1) is 6.57 Å². The zero-order valence-electron chi connectivity index (χ0n) is 12.9. The van der Waals surface area contributed by atoms with E-state index in [9.17, 15) is 9.59 Å². The van der Waals surface area contributed by atoms with Gasteiger partial charge in [-0.05, 0) is 31.2 Å². The maximum absolute atomic E-state index is 11.9. The van der Waals surface area contributed by atoms with E-state index in [2.05, 4.69) is 26.0 Å². The predicted octanol–water partition coefficient (Wildman–Crippen LogP) is 2.96. The van der Waals surface area contributed by atoms with Crippen molar-refractivity contribution in [1.29, 1.82) is 0 Å². The third kappa shape index (κ3) is 4.45. The van der Waals surface area contributed by atoms with Crippen LogP contribution in [0.3, 0.4) is 0 Å². The molecule has 0 aliphatic carbocycles. The molecular weight excluding hydrogens is 310 g/mol. The van der Waals surface area contributed by atoms with E-state index in [4.69, 9.17) is 11.3 Å². The number of hydrazine groups is 1. The molecule has 1 heterocycles. The number of urea groups is 1. The number of aromatic nitrogens is 1. The average molecular weight is 325 g/mol. The lowest BCUT2D eigenvalue weighted by Crippen LogP contribution is -2.33. The molecule has 122 valence electrons. The largest absolute Gasteiger partial charge is 0.463 e. The average Bonchev–Trinajstić information content (AvgIpc) is 2.61. The molecular formula is C16H15N5O3. The molecule has 0 saturated heterocycles. The highest BCUT2D eigenvalue weighted by atomic mass is 16.5. The highest BCUT2D eigenvalue weighted by molar-refractivity contribution is 5.97. The SMILES string of the molecule is [C-]#[N+]c1ccc(NNC(=O)Nc2cccnc2)cc1C(=O)OCC. The fraction of sp³-hybridized carbons (Fsp3) is 0.125. The third-order valence-corrected chi connectivity index (χ3v) is 2.85. The summed E-state index contributed by atoms with van der Waals surface area (Å²) in [6.07, 6.45) is 3.10. The van der Waals surface area contributed by atoms with Crippen LogP contribution in [-0.2, 0) is 4.74 Å². The maximum atomic E-state index is 11.9. The van der Waals surface area contributed by atoms with Gasteiger partial charge in [-0.3, -0.25) is 15.8 Å². The molecule has 0 saturated carbocycles. The van der Waals surface area contributed by atoms with Gasteiger partial charge < -0.3 is 10.1 Å². The fourth-order valence-corrected chi connectivity index (χ4v) is 1.81. The van der Waals surface area contributed by atoms with Gasteiger partial charge in [0.1, 0.15) is 0 Å². The number of benzene rings is 1. The Morgan fingerprint density at radius 3 is 2.79 bits per heavy atom. The number of rotatable bonds is 5. The lowest BCUT2D eigenvalue weighted by molar-refractivity contribution is 0.0528. The van der Waals surface area contributed by atoms with Gasteiger partial charge in [0, 0.05) is 6.20 Å². The van der Waals surface area contributed by atoms with Crippen molar-refractivity contribution < 1.29 is 14.3 Å². The summed E-state index contributed by atoms with van der Waals surface area (Å²) in [5, 5.41) is 2.58. The summed E-state index contributed by atoms with van der Waals surface area (Å²) in [6.45, 7) is 8.98. The number of amides is 2. The molecule has 1 aromatic heterocycles. The number of anilines is 2. The van der Waals surface area contributed by atoms with Gasteiger partial charge in [0.05, 0.1) is 36.3 Å². The minimum absolute atomic E-state index is 0.131. The Balaban J connectivity index is 2.02. The van der Waals surface area contributed by atoms with Crippen LogP contribution in [0.25, 0.3) is 4.85 Å². The first-order chi connectivity index (χ1) is 11.6. The van der Waals surface area contributed by atoms with Crippen LogP contribution in [0.1, 0.15) is 17.3 Å². The molecule has 2 amide bonds. The van der Waals surface area contributed by atoms with Gasteiger partial charge >= 0.3 is 12.0 Å². The number of hydrogen-bond donors (Lipinski definition) is 3. The van der Waals surface area contributed by atoms with Crippen LogP contribution >= 0.6 is 0 Å². The van der Waals surface area contributed by atoms with Gasteiger partial charge in [0.15, 0.2) is 0 Å². The highest BCUT2D eigenvalue weighted by Gasteiger charge is 2.13. The summed E-state index contributed by atoms with van der Waals surface area (Å²) >= 11 is 0. The van der Waals surface area contributed by atoms with Crippen molar-refractivity contribution >= 4 is 29.1 Å². The van der Waals surface area contributed by atoms with E-state index < -0.39 is 12.0 Å². The molecule has 24 heavy (non-hydrogen) atoms. The van der Waals surface area contributed by atoms with Crippen LogP contribution in [0.5, 0.6) is 0 Å². The fourth-order valence-electron chi connectivity index (χ4n) is 1.81. The van der Waals surface area contributed by atoms with Gasteiger partial charge in [-0.25, -0.2) is 14.4 Å². The number of nitrogens with zero attached hydrogens (tertiary/aromatic N) is 2. The summed E-state index contributed by atoms with van der Waals surface area (Å²) in [5.41, 5.74) is 6.37. The highest BCUT2D eigenvalue weighted by Crippen LogP contribution is 2.24. The molecule has 0 unspecified atom stereocenters. The first-order valence-electron chi connectivity index (χ1n) is 7.05. The third-order valence-electron chi connectivity index (χ3n) is 2.85. The van der Waals surface area contributed by atoms with Gasteiger partial charge in [-0.1, -0.05) is 6.07 Å². The van der Waals surface area contributed by atoms with Crippen LogP contribution in [0.2, 0.25) is 0 Å². The van der Waals surface area contributed by atoms with Crippen molar-refractivity contribution in [2.45, 2.75) is 6.92 Å². The minimum atomic E-state index is -0.591. The summed E-state index contributed by atoms with van der Waals surface area (Å²) in [6, 6.07) is 7.36. The molecule has 1 aromatic carbocycles. The monoisotopic (exact) mass is 325 g/mol. The second-order valence-corrected chi connectivity index (χ2v) is 4.51. The van der Waals surface area contributed by atoms with E-state index in [0.29, 0.717) is 11.4 Å². The number of carbonyl (C=O) groups is 2.